The fraction of sp³-hybridized carbons (Fsp3) is 0.364. The van der Waals surface area contributed by atoms with Crippen LogP contribution in [0.15, 0.2) is 24.3 Å². The Morgan fingerprint density at radius 3 is 2.82 bits per heavy atom. The number of hydrazine groups is 1. The standard InChI is InChI=1S/C11H17N3O2S/c12-5-7-17-8-6-16-10-4-2-1-3-9(10)11(15)14-13/h1-4H,5-8,12-13H2,(H,14,15). The van der Waals surface area contributed by atoms with Crippen LogP contribution in [0.2, 0.25) is 0 Å². The first-order valence-corrected chi connectivity index (χ1v) is 6.45. The highest BCUT2D eigenvalue weighted by molar-refractivity contribution is 7.99. The molecule has 1 amide bonds. The van der Waals surface area contributed by atoms with E-state index in [0.717, 1.165) is 11.5 Å². The molecule has 0 bridgehead atoms. The third kappa shape index (κ3) is 4.64. The SMILES string of the molecule is NCCSCCOc1ccccc1C(=O)NN. The maximum atomic E-state index is 11.4. The van der Waals surface area contributed by atoms with E-state index >= 15 is 0 Å². The Morgan fingerprint density at radius 1 is 1.35 bits per heavy atom. The molecule has 1 aromatic carbocycles. The van der Waals surface area contributed by atoms with Crippen molar-refractivity contribution in [3.05, 3.63) is 29.8 Å². The molecule has 1 aromatic rings. The van der Waals surface area contributed by atoms with Crippen molar-refractivity contribution in [3.8, 4) is 5.75 Å². The number of thioether (sulfide) groups is 1. The zero-order valence-corrected chi connectivity index (χ0v) is 10.3. The summed E-state index contributed by atoms with van der Waals surface area (Å²) in [6.45, 7) is 1.20. The van der Waals surface area contributed by atoms with Gasteiger partial charge in [0.25, 0.3) is 5.91 Å². The zero-order valence-electron chi connectivity index (χ0n) is 9.52. The second-order valence-electron chi connectivity index (χ2n) is 3.22. The van der Waals surface area contributed by atoms with Gasteiger partial charge in [0, 0.05) is 18.1 Å². The molecule has 0 aliphatic heterocycles. The van der Waals surface area contributed by atoms with Crippen LogP contribution in [0.25, 0.3) is 0 Å². The number of carbonyl (C=O) groups is 1. The molecule has 94 valence electrons. The van der Waals surface area contributed by atoms with Crippen molar-refractivity contribution in [1.29, 1.82) is 0 Å². The smallest absolute Gasteiger partial charge is 0.268 e. The van der Waals surface area contributed by atoms with Gasteiger partial charge in [-0.05, 0) is 12.1 Å². The molecular formula is C11H17N3O2S. The predicted octanol–water partition coefficient (Wildman–Crippen LogP) is 0.361. The van der Waals surface area contributed by atoms with Crippen molar-refractivity contribution in [3.63, 3.8) is 0 Å². The molecule has 1 rings (SSSR count). The van der Waals surface area contributed by atoms with Crippen molar-refractivity contribution in [2.45, 2.75) is 0 Å². The van der Waals surface area contributed by atoms with E-state index in [2.05, 4.69) is 5.43 Å². The predicted molar refractivity (Wildman–Crippen MR) is 70.0 cm³/mol. The van der Waals surface area contributed by atoms with Gasteiger partial charge in [-0.2, -0.15) is 11.8 Å². The Morgan fingerprint density at radius 2 is 2.12 bits per heavy atom. The summed E-state index contributed by atoms with van der Waals surface area (Å²) >= 11 is 1.72. The average Bonchev–Trinajstić information content (AvgIpc) is 2.38. The molecule has 0 fully saturated rings. The number of nitrogens with one attached hydrogen (secondary N) is 1. The molecule has 0 radical (unpaired) electrons. The number of nitrogen functional groups attached to an aromatic ring is 1. The monoisotopic (exact) mass is 255 g/mol. The number of para-hydroxylation sites is 1. The van der Waals surface area contributed by atoms with E-state index < -0.39 is 0 Å². The highest BCUT2D eigenvalue weighted by atomic mass is 32.2. The maximum absolute atomic E-state index is 11.4. The van der Waals surface area contributed by atoms with Crippen LogP contribution in [-0.2, 0) is 0 Å². The topological polar surface area (TPSA) is 90.4 Å². The second-order valence-corrected chi connectivity index (χ2v) is 4.44. The van der Waals surface area contributed by atoms with Gasteiger partial charge < -0.3 is 10.5 Å². The van der Waals surface area contributed by atoms with E-state index in [1.165, 1.54) is 0 Å². The molecule has 0 saturated carbocycles. The van der Waals surface area contributed by atoms with Gasteiger partial charge in [0.2, 0.25) is 0 Å². The molecule has 0 aliphatic carbocycles. The zero-order chi connectivity index (χ0) is 12.5. The summed E-state index contributed by atoms with van der Waals surface area (Å²) in [7, 11) is 0. The summed E-state index contributed by atoms with van der Waals surface area (Å²) < 4.78 is 5.53. The van der Waals surface area contributed by atoms with E-state index in [1.54, 1.807) is 30.0 Å². The van der Waals surface area contributed by atoms with Crippen LogP contribution in [0.3, 0.4) is 0 Å². The van der Waals surface area contributed by atoms with Gasteiger partial charge >= 0.3 is 0 Å². The Hall–Kier alpha value is -1.24. The Bertz CT molecular complexity index is 360. The van der Waals surface area contributed by atoms with E-state index in [-0.39, 0.29) is 5.91 Å². The summed E-state index contributed by atoms with van der Waals surface area (Å²) in [5, 5.41) is 0. The first-order valence-electron chi connectivity index (χ1n) is 5.30. The van der Waals surface area contributed by atoms with Crippen LogP contribution < -0.4 is 21.7 Å². The quantitative estimate of drug-likeness (QED) is 0.283. The molecule has 0 aliphatic rings. The summed E-state index contributed by atoms with van der Waals surface area (Å²) in [4.78, 5) is 11.4. The summed E-state index contributed by atoms with van der Waals surface area (Å²) in [5.41, 5.74) is 7.91. The van der Waals surface area contributed by atoms with Gasteiger partial charge in [0.05, 0.1) is 12.2 Å². The van der Waals surface area contributed by atoms with Gasteiger partial charge in [-0.25, -0.2) is 5.84 Å². The second kappa shape index (κ2) is 7.94. The van der Waals surface area contributed by atoms with Gasteiger partial charge in [0.1, 0.15) is 5.75 Å². The van der Waals surface area contributed by atoms with Gasteiger partial charge in [-0.15, -0.1) is 0 Å². The summed E-state index contributed by atoms with van der Waals surface area (Å²) in [6.07, 6.45) is 0. The van der Waals surface area contributed by atoms with Crippen LogP contribution in [-0.4, -0.2) is 30.6 Å². The Balaban J connectivity index is 2.49. The normalized spacial score (nSPS) is 10.0. The Labute approximate surface area is 105 Å². The highest BCUT2D eigenvalue weighted by Gasteiger charge is 2.09. The van der Waals surface area contributed by atoms with Crippen molar-refractivity contribution >= 4 is 17.7 Å². The van der Waals surface area contributed by atoms with Gasteiger partial charge in [0.15, 0.2) is 0 Å². The summed E-state index contributed by atoms with van der Waals surface area (Å²) in [5.74, 6) is 7.04. The highest BCUT2D eigenvalue weighted by Crippen LogP contribution is 2.17. The summed E-state index contributed by atoms with van der Waals surface area (Å²) in [6, 6.07) is 7.00. The van der Waals surface area contributed by atoms with E-state index in [1.807, 2.05) is 6.07 Å². The van der Waals surface area contributed by atoms with Crippen molar-refractivity contribution in [2.75, 3.05) is 24.7 Å². The minimum absolute atomic E-state index is 0.352. The number of carbonyl (C=O) groups excluding carboxylic acids is 1. The first-order chi connectivity index (χ1) is 8.29. The van der Waals surface area contributed by atoms with E-state index in [9.17, 15) is 4.79 Å². The number of amides is 1. The number of hydrogen-bond acceptors (Lipinski definition) is 5. The lowest BCUT2D eigenvalue weighted by Gasteiger charge is -2.09. The average molecular weight is 255 g/mol. The maximum Gasteiger partial charge on any atom is 0.268 e. The largest absolute Gasteiger partial charge is 0.492 e. The van der Waals surface area contributed by atoms with Gasteiger partial charge in [-0.1, -0.05) is 12.1 Å². The number of ether oxygens (including phenoxy) is 1. The van der Waals surface area contributed by atoms with Gasteiger partial charge in [-0.3, -0.25) is 10.2 Å². The van der Waals surface area contributed by atoms with Crippen molar-refractivity contribution < 1.29 is 9.53 Å². The fourth-order valence-corrected chi connectivity index (χ4v) is 1.83. The van der Waals surface area contributed by atoms with Crippen LogP contribution in [0.5, 0.6) is 5.75 Å². The lowest BCUT2D eigenvalue weighted by molar-refractivity contribution is 0.0950. The molecule has 0 heterocycles. The Kier molecular flexibility index (Phi) is 6.46. The van der Waals surface area contributed by atoms with Crippen LogP contribution in [0, 0.1) is 0 Å². The number of nitrogens with two attached hydrogens (primary N) is 2. The lowest BCUT2D eigenvalue weighted by Crippen LogP contribution is -2.30. The van der Waals surface area contributed by atoms with Crippen molar-refractivity contribution in [1.82, 2.24) is 5.43 Å². The van der Waals surface area contributed by atoms with E-state index in [4.69, 9.17) is 16.3 Å². The molecular weight excluding hydrogens is 238 g/mol. The molecule has 0 saturated heterocycles. The minimum Gasteiger partial charge on any atom is -0.492 e. The van der Waals surface area contributed by atoms with Crippen molar-refractivity contribution in [2.24, 2.45) is 11.6 Å². The molecule has 17 heavy (non-hydrogen) atoms. The molecule has 0 spiro atoms. The van der Waals surface area contributed by atoms with Crippen LogP contribution >= 0.6 is 11.8 Å². The number of rotatable bonds is 7. The third-order valence-electron chi connectivity index (χ3n) is 2.01. The fourth-order valence-electron chi connectivity index (χ4n) is 1.25. The molecule has 0 unspecified atom stereocenters. The first kappa shape index (κ1) is 13.8. The molecule has 0 aromatic heterocycles. The molecule has 0 atom stereocenters. The minimum atomic E-state index is -0.352. The molecule has 5 nitrogen and oxygen atoms in total. The van der Waals surface area contributed by atoms with E-state index in [0.29, 0.717) is 24.5 Å². The number of benzene rings is 1. The number of hydrogen-bond donors (Lipinski definition) is 3. The van der Waals surface area contributed by atoms with Crippen LogP contribution in [0.4, 0.5) is 0 Å². The lowest BCUT2D eigenvalue weighted by atomic mass is 10.2. The molecule has 5 N–H and O–H groups in total. The van der Waals surface area contributed by atoms with Crippen LogP contribution in [0.1, 0.15) is 10.4 Å². The molecule has 6 heteroatoms. The third-order valence-corrected chi connectivity index (χ3v) is 2.99.